The SMILES string of the molecule is CC1NC(=O)CC(=O)N1Cc1ccccc1. The molecule has 1 aromatic carbocycles. The van der Waals surface area contributed by atoms with E-state index in [1.807, 2.05) is 37.3 Å². The molecule has 4 nitrogen and oxygen atoms in total. The second kappa shape index (κ2) is 4.35. The highest BCUT2D eigenvalue weighted by molar-refractivity contribution is 5.99. The lowest BCUT2D eigenvalue weighted by atomic mass is 10.1. The summed E-state index contributed by atoms with van der Waals surface area (Å²) < 4.78 is 0. The number of hydrogen-bond donors (Lipinski definition) is 1. The second-order valence-corrected chi connectivity index (χ2v) is 3.93. The molecule has 1 saturated heterocycles. The van der Waals surface area contributed by atoms with Gasteiger partial charge in [0.2, 0.25) is 11.8 Å². The molecule has 2 amide bonds. The van der Waals surface area contributed by atoms with Crippen molar-refractivity contribution in [3.8, 4) is 0 Å². The van der Waals surface area contributed by atoms with Crippen molar-refractivity contribution in [2.24, 2.45) is 0 Å². The predicted molar refractivity (Wildman–Crippen MR) is 59.2 cm³/mol. The number of benzene rings is 1. The highest BCUT2D eigenvalue weighted by Crippen LogP contribution is 2.12. The highest BCUT2D eigenvalue weighted by Gasteiger charge is 2.28. The fraction of sp³-hybridized carbons (Fsp3) is 0.333. The van der Waals surface area contributed by atoms with Gasteiger partial charge >= 0.3 is 0 Å². The molecule has 0 aromatic heterocycles. The summed E-state index contributed by atoms with van der Waals surface area (Å²) >= 11 is 0. The molecule has 1 fully saturated rings. The van der Waals surface area contributed by atoms with Gasteiger partial charge in [0.15, 0.2) is 0 Å². The maximum atomic E-state index is 11.7. The molecule has 0 saturated carbocycles. The monoisotopic (exact) mass is 218 g/mol. The Kier molecular flexibility index (Phi) is 2.90. The summed E-state index contributed by atoms with van der Waals surface area (Å²) in [7, 11) is 0. The minimum Gasteiger partial charge on any atom is -0.336 e. The fourth-order valence-corrected chi connectivity index (χ4v) is 1.82. The van der Waals surface area contributed by atoms with E-state index in [1.165, 1.54) is 0 Å². The van der Waals surface area contributed by atoms with E-state index in [4.69, 9.17) is 0 Å². The van der Waals surface area contributed by atoms with Crippen LogP contribution in [-0.2, 0) is 16.1 Å². The maximum absolute atomic E-state index is 11.7. The van der Waals surface area contributed by atoms with Gasteiger partial charge in [-0.15, -0.1) is 0 Å². The Morgan fingerprint density at radius 3 is 2.62 bits per heavy atom. The van der Waals surface area contributed by atoms with Crippen molar-refractivity contribution >= 4 is 11.8 Å². The van der Waals surface area contributed by atoms with E-state index in [1.54, 1.807) is 4.90 Å². The second-order valence-electron chi connectivity index (χ2n) is 3.93. The third-order valence-corrected chi connectivity index (χ3v) is 2.67. The van der Waals surface area contributed by atoms with E-state index < -0.39 is 0 Å². The summed E-state index contributed by atoms with van der Waals surface area (Å²) in [6.07, 6.45) is -0.272. The molecule has 84 valence electrons. The lowest BCUT2D eigenvalue weighted by Gasteiger charge is -2.33. The van der Waals surface area contributed by atoms with E-state index in [0.29, 0.717) is 6.54 Å². The molecule has 1 aromatic rings. The van der Waals surface area contributed by atoms with Crippen molar-refractivity contribution in [3.63, 3.8) is 0 Å². The first kappa shape index (κ1) is 10.7. The first-order valence-corrected chi connectivity index (χ1v) is 5.29. The van der Waals surface area contributed by atoms with Crippen molar-refractivity contribution < 1.29 is 9.59 Å². The molecule has 1 unspecified atom stereocenters. The van der Waals surface area contributed by atoms with Crippen molar-refractivity contribution in [1.29, 1.82) is 0 Å². The number of carbonyl (C=O) groups is 2. The van der Waals surface area contributed by atoms with Gasteiger partial charge in [-0.3, -0.25) is 9.59 Å². The molecule has 1 N–H and O–H groups in total. The Hall–Kier alpha value is -1.84. The topological polar surface area (TPSA) is 49.4 Å². The van der Waals surface area contributed by atoms with E-state index in [2.05, 4.69) is 5.32 Å². The zero-order valence-corrected chi connectivity index (χ0v) is 9.14. The van der Waals surface area contributed by atoms with Crippen LogP contribution in [0.3, 0.4) is 0 Å². The van der Waals surface area contributed by atoms with Crippen molar-refractivity contribution in [2.45, 2.75) is 26.1 Å². The molecule has 1 aliphatic heterocycles. The predicted octanol–water partition coefficient (Wildman–Crippen LogP) is 0.881. The van der Waals surface area contributed by atoms with Gasteiger partial charge < -0.3 is 10.2 Å². The van der Waals surface area contributed by atoms with Gasteiger partial charge in [-0.2, -0.15) is 0 Å². The smallest absolute Gasteiger partial charge is 0.233 e. The summed E-state index contributed by atoms with van der Waals surface area (Å²) in [6, 6.07) is 9.75. The molecular formula is C12H14N2O2. The average molecular weight is 218 g/mol. The standard InChI is InChI=1S/C12H14N2O2/c1-9-13-11(15)7-12(16)14(9)8-10-5-3-2-4-6-10/h2-6,9H,7-8H2,1H3,(H,13,15). The van der Waals surface area contributed by atoms with Crippen molar-refractivity contribution in [3.05, 3.63) is 35.9 Å². The molecule has 0 aliphatic carbocycles. The Bertz CT molecular complexity index is 403. The Morgan fingerprint density at radius 2 is 2.00 bits per heavy atom. The molecular weight excluding hydrogens is 204 g/mol. The number of rotatable bonds is 2. The summed E-state index contributed by atoms with van der Waals surface area (Å²) in [6.45, 7) is 2.36. The molecule has 1 atom stereocenters. The number of carbonyl (C=O) groups excluding carboxylic acids is 2. The van der Waals surface area contributed by atoms with Gasteiger partial charge in [-0.05, 0) is 12.5 Å². The molecule has 16 heavy (non-hydrogen) atoms. The molecule has 4 heteroatoms. The molecule has 1 aliphatic rings. The third-order valence-electron chi connectivity index (χ3n) is 2.67. The third kappa shape index (κ3) is 2.21. The quantitative estimate of drug-likeness (QED) is 0.749. The van der Waals surface area contributed by atoms with Crippen LogP contribution >= 0.6 is 0 Å². The summed E-state index contributed by atoms with van der Waals surface area (Å²) in [5, 5.41) is 2.75. The van der Waals surface area contributed by atoms with Crippen LogP contribution in [0.5, 0.6) is 0 Å². The first-order valence-electron chi connectivity index (χ1n) is 5.29. The van der Waals surface area contributed by atoms with Crippen LogP contribution in [0, 0.1) is 0 Å². The summed E-state index contributed by atoms with van der Waals surface area (Å²) in [4.78, 5) is 24.5. The molecule has 1 heterocycles. The Labute approximate surface area is 94.2 Å². The zero-order chi connectivity index (χ0) is 11.5. The van der Waals surface area contributed by atoms with Gasteiger partial charge in [0.25, 0.3) is 0 Å². The lowest BCUT2D eigenvalue weighted by molar-refractivity contribution is -0.145. The van der Waals surface area contributed by atoms with Crippen LogP contribution in [0.1, 0.15) is 18.9 Å². The average Bonchev–Trinajstić information content (AvgIpc) is 2.25. The Morgan fingerprint density at radius 1 is 1.31 bits per heavy atom. The van der Waals surface area contributed by atoms with Crippen LogP contribution < -0.4 is 5.32 Å². The van der Waals surface area contributed by atoms with Gasteiger partial charge in [-0.25, -0.2) is 0 Å². The van der Waals surface area contributed by atoms with E-state index in [0.717, 1.165) is 5.56 Å². The molecule has 0 bridgehead atoms. The normalized spacial score (nSPS) is 20.8. The molecule has 2 rings (SSSR count). The highest BCUT2D eigenvalue weighted by atomic mass is 16.2. The van der Waals surface area contributed by atoms with Crippen molar-refractivity contribution in [2.75, 3.05) is 0 Å². The van der Waals surface area contributed by atoms with Gasteiger partial charge in [0.05, 0.1) is 0 Å². The number of amides is 2. The minimum atomic E-state index is -0.228. The summed E-state index contributed by atoms with van der Waals surface area (Å²) in [5.74, 6) is -0.304. The van der Waals surface area contributed by atoms with Crippen LogP contribution in [0.4, 0.5) is 0 Å². The van der Waals surface area contributed by atoms with E-state index in [-0.39, 0.29) is 24.4 Å². The van der Waals surface area contributed by atoms with E-state index in [9.17, 15) is 9.59 Å². The van der Waals surface area contributed by atoms with Gasteiger partial charge in [-0.1, -0.05) is 30.3 Å². The first-order chi connectivity index (χ1) is 7.66. The van der Waals surface area contributed by atoms with Crippen molar-refractivity contribution in [1.82, 2.24) is 10.2 Å². The minimum absolute atomic E-state index is 0.0445. The Balaban J connectivity index is 2.09. The number of nitrogens with zero attached hydrogens (tertiary/aromatic N) is 1. The van der Waals surface area contributed by atoms with Gasteiger partial charge in [0, 0.05) is 6.54 Å². The zero-order valence-electron chi connectivity index (χ0n) is 9.14. The largest absolute Gasteiger partial charge is 0.336 e. The number of nitrogens with one attached hydrogen (secondary N) is 1. The molecule has 0 spiro atoms. The van der Waals surface area contributed by atoms with Crippen LogP contribution in [0.25, 0.3) is 0 Å². The van der Waals surface area contributed by atoms with E-state index >= 15 is 0 Å². The summed E-state index contributed by atoms with van der Waals surface area (Å²) in [5.41, 5.74) is 1.07. The molecule has 0 radical (unpaired) electrons. The fourth-order valence-electron chi connectivity index (χ4n) is 1.82. The van der Waals surface area contributed by atoms with Crippen LogP contribution in [-0.4, -0.2) is 22.9 Å². The van der Waals surface area contributed by atoms with Gasteiger partial charge in [0.1, 0.15) is 12.6 Å². The van der Waals surface area contributed by atoms with Crippen LogP contribution in [0.2, 0.25) is 0 Å². The lowest BCUT2D eigenvalue weighted by Crippen LogP contribution is -2.54. The van der Waals surface area contributed by atoms with Crippen LogP contribution in [0.15, 0.2) is 30.3 Å². The maximum Gasteiger partial charge on any atom is 0.233 e. The number of hydrogen-bond acceptors (Lipinski definition) is 2.